The number of hydrogen-bond donors (Lipinski definition) is 0. The van der Waals surface area contributed by atoms with Gasteiger partial charge >= 0.3 is 0 Å². The summed E-state index contributed by atoms with van der Waals surface area (Å²) in [6, 6.07) is 9.88. The van der Waals surface area contributed by atoms with Gasteiger partial charge in [0.25, 0.3) is 0 Å². The number of benzene rings is 1. The zero-order valence-corrected chi connectivity index (χ0v) is 7.42. The van der Waals surface area contributed by atoms with E-state index in [2.05, 4.69) is 0 Å². The van der Waals surface area contributed by atoms with Gasteiger partial charge in [0.2, 0.25) is 0 Å². The van der Waals surface area contributed by atoms with E-state index < -0.39 is 11.1 Å². The van der Waals surface area contributed by atoms with Gasteiger partial charge in [0, 0.05) is 0 Å². The number of hydrogen-bond acceptors (Lipinski definition) is 2. The molecule has 3 heteroatoms. The van der Waals surface area contributed by atoms with Crippen LogP contribution in [0.3, 0.4) is 0 Å². The first-order valence-electron chi connectivity index (χ1n) is 3.97. The fraction of sp³-hybridized carbons (Fsp3) is 0.333. The molecule has 0 saturated carbocycles. The van der Waals surface area contributed by atoms with Crippen molar-refractivity contribution in [2.45, 2.75) is 11.7 Å². The molecule has 1 aromatic rings. The normalized spacial score (nSPS) is 29.0. The first-order valence-corrected chi connectivity index (χ1v) is 5.10. The maximum atomic E-state index is 11.3. The molecule has 64 valence electrons. The molecule has 1 fully saturated rings. The first-order chi connectivity index (χ1) is 5.88. The fourth-order valence-corrected chi connectivity index (χ4v) is 2.45. The highest BCUT2D eigenvalue weighted by Crippen LogP contribution is 2.29. The molecule has 0 spiro atoms. The van der Waals surface area contributed by atoms with E-state index >= 15 is 0 Å². The van der Waals surface area contributed by atoms with E-state index in [1.54, 1.807) is 0 Å². The summed E-state index contributed by atoms with van der Waals surface area (Å²) in [5.74, 6) is 0. The fourth-order valence-electron chi connectivity index (χ4n) is 1.36. The van der Waals surface area contributed by atoms with E-state index in [4.69, 9.17) is 4.18 Å². The molecule has 1 aromatic carbocycles. The van der Waals surface area contributed by atoms with Crippen LogP contribution in [-0.4, -0.2) is 10.8 Å². The lowest BCUT2D eigenvalue weighted by Crippen LogP contribution is -1.98. The van der Waals surface area contributed by atoms with Crippen molar-refractivity contribution in [1.29, 1.82) is 0 Å². The third-order valence-corrected chi connectivity index (χ3v) is 3.35. The van der Waals surface area contributed by atoms with E-state index in [0.717, 1.165) is 12.0 Å². The molecule has 12 heavy (non-hydrogen) atoms. The second-order valence-electron chi connectivity index (χ2n) is 2.77. The SMILES string of the molecule is O=S1OCCC1c1ccccc1. The minimum Gasteiger partial charge on any atom is -0.290 e. The van der Waals surface area contributed by atoms with E-state index in [0.29, 0.717) is 6.61 Å². The molecule has 0 aliphatic carbocycles. The topological polar surface area (TPSA) is 26.3 Å². The minimum absolute atomic E-state index is 0.0891. The van der Waals surface area contributed by atoms with Crippen LogP contribution in [0, 0.1) is 0 Å². The van der Waals surface area contributed by atoms with Crippen molar-refractivity contribution < 1.29 is 8.39 Å². The average molecular weight is 182 g/mol. The van der Waals surface area contributed by atoms with Crippen LogP contribution < -0.4 is 0 Å². The molecule has 0 N–H and O–H groups in total. The van der Waals surface area contributed by atoms with Crippen molar-refractivity contribution in [3.63, 3.8) is 0 Å². The number of rotatable bonds is 1. The minimum atomic E-state index is -1.11. The Morgan fingerprint density at radius 2 is 2.08 bits per heavy atom. The molecule has 1 aliphatic heterocycles. The van der Waals surface area contributed by atoms with Crippen molar-refractivity contribution >= 4 is 11.1 Å². The lowest BCUT2D eigenvalue weighted by Gasteiger charge is -2.04. The lowest BCUT2D eigenvalue weighted by molar-refractivity contribution is 0.380. The quantitative estimate of drug-likeness (QED) is 0.662. The molecule has 0 radical (unpaired) electrons. The summed E-state index contributed by atoms with van der Waals surface area (Å²) in [4.78, 5) is 0. The van der Waals surface area contributed by atoms with Crippen LogP contribution in [0.1, 0.15) is 17.2 Å². The summed E-state index contributed by atoms with van der Waals surface area (Å²) in [7, 11) is 0. The molecule has 1 aliphatic rings. The summed E-state index contributed by atoms with van der Waals surface area (Å²) >= 11 is -1.11. The van der Waals surface area contributed by atoms with E-state index in [1.165, 1.54) is 0 Å². The Morgan fingerprint density at radius 1 is 1.33 bits per heavy atom. The monoisotopic (exact) mass is 182 g/mol. The van der Waals surface area contributed by atoms with Crippen molar-refractivity contribution in [3.8, 4) is 0 Å². The highest BCUT2D eigenvalue weighted by molar-refractivity contribution is 7.80. The largest absolute Gasteiger partial charge is 0.290 e. The Hall–Kier alpha value is -0.670. The van der Waals surface area contributed by atoms with Crippen molar-refractivity contribution in [1.82, 2.24) is 0 Å². The molecule has 2 nitrogen and oxygen atoms in total. The van der Waals surface area contributed by atoms with Crippen molar-refractivity contribution in [3.05, 3.63) is 35.9 Å². The standard InChI is InChI=1S/C9H10O2S/c10-12-9(6-7-11-12)8-4-2-1-3-5-8/h1-5,9H,6-7H2. The molecule has 1 saturated heterocycles. The van der Waals surface area contributed by atoms with Gasteiger partial charge in [-0.3, -0.25) is 4.18 Å². The first kappa shape index (κ1) is 7.95. The molecule has 0 bridgehead atoms. The third-order valence-electron chi connectivity index (χ3n) is 1.98. The predicted molar refractivity (Wildman–Crippen MR) is 47.9 cm³/mol. The van der Waals surface area contributed by atoms with Crippen LogP contribution in [0.25, 0.3) is 0 Å². The Balaban J connectivity index is 2.25. The molecule has 0 aromatic heterocycles. The van der Waals surface area contributed by atoms with Gasteiger partial charge in [-0.05, 0) is 12.0 Å². The van der Waals surface area contributed by atoms with E-state index in [9.17, 15) is 4.21 Å². The molecule has 0 amide bonds. The maximum absolute atomic E-state index is 11.3. The van der Waals surface area contributed by atoms with Gasteiger partial charge in [-0.1, -0.05) is 30.3 Å². The molecule has 2 unspecified atom stereocenters. The van der Waals surface area contributed by atoms with Gasteiger partial charge in [-0.2, -0.15) is 0 Å². The molecule has 2 atom stereocenters. The second kappa shape index (κ2) is 3.37. The summed E-state index contributed by atoms with van der Waals surface area (Å²) in [5, 5.41) is 0.0891. The summed E-state index contributed by atoms with van der Waals surface area (Å²) in [6.45, 7) is 0.617. The highest BCUT2D eigenvalue weighted by atomic mass is 32.2. The van der Waals surface area contributed by atoms with Crippen molar-refractivity contribution in [2.75, 3.05) is 6.61 Å². The summed E-state index contributed by atoms with van der Waals surface area (Å²) in [5.41, 5.74) is 1.12. The molecule has 2 rings (SSSR count). The average Bonchev–Trinajstić information content (AvgIpc) is 2.53. The zero-order chi connectivity index (χ0) is 8.39. The van der Waals surface area contributed by atoms with Gasteiger partial charge < -0.3 is 0 Å². The van der Waals surface area contributed by atoms with E-state index in [-0.39, 0.29) is 5.25 Å². The van der Waals surface area contributed by atoms with Crippen LogP contribution in [0.4, 0.5) is 0 Å². The maximum Gasteiger partial charge on any atom is 0.163 e. The molecular formula is C9H10O2S. The van der Waals surface area contributed by atoms with Crippen molar-refractivity contribution in [2.24, 2.45) is 0 Å². The summed E-state index contributed by atoms with van der Waals surface area (Å²) in [6.07, 6.45) is 0.872. The van der Waals surface area contributed by atoms with Gasteiger partial charge in [-0.15, -0.1) is 0 Å². The Kier molecular flexibility index (Phi) is 2.23. The van der Waals surface area contributed by atoms with Crippen LogP contribution >= 0.6 is 0 Å². The smallest absolute Gasteiger partial charge is 0.163 e. The van der Waals surface area contributed by atoms with E-state index in [1.807, 2.05) is 30.3 Å². The molecule has 1 heterocycles. The summed E-state index contributed by atoms with van der Waals surface area (Å²) < 4.78 is 16.3. The highest BCUT2D eigenvalue weighted by Gasteiger charge is 2.25. The Morgan fingerprint density at radius 3 is 2.67 bits per heavy atom. The zero-order valence-electron chi connectivity index (χ0n) is 6.60. The van der Waals surface area contributed by atoms with Crippen LogP contribution in [-0.2, 0) is 15.3 Å². The van der Waals surface area contributed by atoms with Gasteiger partial charge in [0.05, 0.1) is 11.9 Å². The second-order valence-corrected chi connectivity index (χ2v) is 4.10. The van der Waals surface area contributed by atoms with Crippen LogP contribution in [0.15, 0.2) is 30.3 Å². The molecular weight excluding hydrogens is 172 g/mol. The van der Waals surface area contributed by atoms with Crippen LogP contribution in [0.2, 0.25) is 0 Å². The lowest BCUT2D eigenvalue weighted by atomic mass is 10.1. The van der Waals surface area contributed by atoms with Gasteiger partial charge in [0.15, 0.2) is 11.1 Å². The Bertz CT molecular complexity index is 284. The van der Waals surface area contributed by atoms with Gasteiger partial charge in [0.1, 0.15) is 0 Å². The predicted octanol–water partition coefficient (Wildman–Crippen LogP) is 1.81. The Labute approximate surface area is 74.2 Å². The van der Waals surface area contributed by atoms with Gasteiger partial charge in [-0.25, -0.2) is 4.21 Å². The van der Waals surface area contributed by atoms with Crippen LogP contribution in [0.5, 0.6) is 0 Å². The third kappa shape index (κ3) is 1.42.